The molecule has 0 aliphatic carbocycles. The first-order valence-corrected chi connectivity index (χ1v) is 4.32. The molecule has 0 aromatic heterocycles. The SMILES string of the molecule is CNC(CN)c1cc(F)ccc1C. The van der Waals surface area contributed by atoms with Crippen LogP contribution >= 0.6 is 0 Å². The van der Waals surface area contributed by atoms with Gasteiger partial charge in [-0.15, -0.1) is 0 Å². The molecule has 1 aromatic carbocycles. The lowest BCUT2D eigenvalue weighted by Crippen LogP contribution is -2.25. The molecular formula is C10H15FN2. The molecule has 13 heavy (non-hydrogen) atoms. The molecule has 3 N–H and O–H groups in total. The Bertz CT molecular complexity index is 282. The highest BCUT2D eigenvalue weighted by atomic mass is 19.1. The number of halogens is 1. The van der Waals surface area contributed by atoms with Gasteiger partial charge >= 0.3 is 0 Å². The predicted octanol–water partition coefficient (Wildman–Crippen LogP) is 1.35. The van der Waals surface area contributed by atoms with Crippen LogP contribution in [0.1, 0.15) is 17.2 Å². The van der Waals surface area contributed by atoms with Crippen LogP contribution in [0.15, 0.2) is 18.2 Å². The van der Waals surface area contributed by atoms with Crippen molar-refractivity contribution in [3.63, 3.8) is 0 Å². The van der Waals surface area contributed by atoms with Gasteiger partial charge in [0, 0.05) is 12.6 Å². The Hall–Kier alpha value is -0.930. The van der Waals surface area contributed by atoms with E-state index in [1.54, 1.807) is 6.07 Å². The summed E-state index contributed by atoms with van der Waals surface area (Å²) in [6.45, 7) is 2.43. The van der Waals surface area contributed by atoms with Crippen molar-refractivity contribution in [2.75, 3.05) is 13.6 Å². The van der Waals surface area contributed by atoms with Crippen molar-refractivity contribution in [2.24, 2.45) is 5.73 Å². The van der Waals surface area contributed by atoms with Crippen molar-refractivity contribution in [3.8, 4) is 0 Å². The van der Waals surface area contributed by atoms with E-state index in [0.717, 1.165) is 11.1 Å². The van der Waals surface area contributed by atoms with E-state index in [-0.39, 0.29) is 11.9 Å². The van der Waals surface area contributed by atoms with Crippen molar-refractivity contribution < 1.29 is 4.39 Å². The van der Waals surface area contributed by atoms with Crippen molar-refractivity contribution in [2.45, 2.75) is 13.0 Å². The second kappa shape index (κ2) is 4.35. The Balaban J connectivity index is 3.03. The van der Waals surface area contributed by atoms with Crippen molar-refractivity contribution >= 4 is 0 Å². The van der Waals surface area contributed by atoms with E-state index in [0.29, 0.717) is 6.54 Å². The van der Waals surface area contributed by atoms with E-state index in [2.05, 4.69) is 5.32 Å². The molecule has 1 atom stereocenters. The molecule has 1 unspecified atom stereocenters. The highest BCUT2D eigenvalue weighted by Crippen LogP contribution is 2.17. The molecule has 0 saturated carbocycles. The highest BCUT2D eigenvalue weighted by molar-refractivity contribution is 5.29. The summed E-state index contributed by atoms with van der Waals surface area (Å²) >= 11 is 0. The van der Waals surface area contributed by atoms with E-state index < -0.39 is 0 Å². The van der Waals surface area contributed by atoms with Gasteiger partial charge in [0.25, 0.3) is 0 Å². The Morgan fingerprint density at radius 1 is 1.54 bits per heavy atom. The first-order chi connectivity index (χ1) is 6.19. The zero-order valence-electron chi connectivity index (χ0n) is 7.97. The number of nitrogens with one attached hydrogen (secondary N) is 1. The number of aryl methyl sites for hydroxylation is 1. The van der Waals surface area contributed by atoms with Crippen LogP contribution in [0.5, 0.6) is 0 Å². The maximum atomic E-state index is 12.9. The zero-order chi connectivity index (χ0) is 9.84. The van der Waals surface area contributed by atoms with Gasteiger partial charge in [-0.1, -0.05) is 6.07 Å². The lowest BCUT2D eigenvalue weighted by atomic mass is 10.0. The van der Waals surface area contributed by atoms with Crippen molar-refractivity contribution in [1.82, 2.24) is 5.32 Å². The van der Waals surface area contributed by atoms with Crippen LogP contribution in [0.4, 0.5) is 4.39 Å². The molecule has 0 aliphatic rings. The second-order valence-electron chi connectivity index (χ2n) is 3.08. The van der Waals surface area contributed by atoms with Crippen LogP contribution in [0, 0.1) is 12.7 Å². The van der Waals surface area contributed by atoms with E-state index in [4.69, 9.17) is 5.73 Å². The van der Waals surface area contributed by atoms with Crippen LogP contribution in [0.2, 0.25) is 0 Å². The average Bonchev–Trinajstić information content (AvgIpc) is 2.13. The largest absolute Gasteiger partial charge is 0.329 e. The highest BCUT2D eigenvalue weighted by Gasteiger charge is 2.09. The van der Waals surface area contributed by atoms with Gasteiger partial charge in [-0.25, -0.2) is 4.39 Å². The average molecular weight is 182 g/mol. The summed E-state index contributed by atoms with van der Waals surface area (Å²) < 4.78 is 12.9. The minimum absolute atomic E-state index is 0.0377. The standard InChI is InChI=1S/C10H15FN2/c1-7-3-4-8(11)5-9(7)10(6-12)13-2/h3-5,10,13H,6,12H2,1-2H3. The van der Waals surface area contributed by atoms with Gasteiger partial charge in [0.1, 0.15) is 5.82 Å². The zero-order valence-corrected chi connectivity index (χ0v) is 7.97. The Morgan fingerprint density at radius 2 is 2.23 bits per heavy atom. The van der Waals surface area contributed by atoms with Crippen molar-refractivity contribution in [1.29, 1.82) is 0 Å². The van der Waals surface area contributed by atoms with E-state index in [1.807, 2.05) is 14.0 Å². The van der Waals surface area contributed by atoms with Gasteiger partial charge in [0.05, 0.1) is 0 Å². The molecule has 72 valence electrons. The molecule has 0 fully saturated rings. The molecule has 1 rings (SSSR count). The summed E-state index contributed by atoms with van der Waals surface area (Å²) in [5, 5.41) is 3.04. The number of benzene rings is 1. The van der Waals surface area contributed by atoms with Crippen LogP contribution < -0.4 is 11.1 Å². The minimum atomic E-state index is -0.214. The number of rotatable bonds is 3. The van der Waals surface area contributed by atoms with E-state index in [1.165, 1.54) is 12.1 Å². The molecule has 0 amide bonds. The van der Waals surface area contributed by atoms with E-state index >= 15 is 0 Å². The monoisotopic (exact) mass is 182 g/mol. The fourth-order valence-corrected chi connectivity index (χ4v) is 1.39. The lowest BCUT2D eigenvalue weighted by molar-refractivity contribution is 0.584. The smallest absolute Gasteiger partial charge is 0.123 e. The number of hydrogen-bond donors (Lipinski definition) is 2. The number of likely N-dealkylation sites (N-methyl/N-ethyl adjacent to an activating group) is 1. The normalized spacial score (nSPS) is 12.9. The van der Waals surface area contributed by atoms with Gasteiger partial charge in [-0.3, -0.25) is 0 Å². The third-order valence-corrected chi connectivity index (χ3v) is 2.20. The number of nitrogens with two attached hydrogens (primary N) is 1. The van der Waals surface area contributed by atoms with Gasteiger partial charge in [-0.05, 0) is 37.2 Å². The summed E-state index contributed by atoms with van der Waals surface area (Å²) in [4.78, 5) is 0. The van der Waals surface area contributed by atoms with E-state index in [9.17, 15) is 4.39 Å². The number of hydrogen-bond acceptors (Lipinski definition) is 2. The lowest BCUT2D eigenvalue weighted by Gasteiger charge is -2.16. The molecule has 3 heteroatoms. The molecule has 0 saturated heterocycles. The first kappa shape index (κ1) is 10.2. The summed E-state index contributed by atoms with van der Waals surface area (Å²) in [5.74, 6) is -0.214. The van der Waals surface area contributed by atoms with Gasteiger partial charge < -0.3 is 11.1 Å². The fraction of sp³-hybridized carbons (Fsp3) is 0.400. The quantitative estimate of drug-likeness (QED) is 0.740. The summed E-state index contributed by atoms with van der Waals surface area (Å²) in [6.07, 6.45) is 0. The molecule has 0 aliphatic heterocycles. The summed E-state index contributed by atoms with van der Waals surface area (Å²) in [7, 11) is 1.82. The molecular weight excluding hydrogens is 167 g/mol. The van der Waals surface area contributed by atoms with Gasteiger partial charge in [0.2, 0.25) is 0 Å². The molecule has 1 aromatic rings. The maximum absolute atomic E-state index is 12.9. The topological polar surface area (TPSA) is 38.0 Å². The molecule has 0 spiro atoms. The summed E-state index contributed by atoms with van der Waals surface area (Å²) in [5.41, 5.74) is 7.55. The molecule has 0 radical (unpaired) electrons. The predicted molar refractivity (Wildman–Crippen MR) is 52.0 cm³/mol. The Kier molecular flexibility index (Phi) is 3.39. The van der Waals surface area contributed by atoms with Gasteiger partial charge in [0.15, 0.2) is 0 Å². The van der Waals surface area contributed by atoms with Crippen LogP contribution in [0.25, 0.3) is 0 Å². The second-order valence-corrected chi connectivity index (χ2v) is 3.08. The molecule has 0 heterocycles. The van der Waals surface area contributed by atoms with Crippen LogP contribution in [-0.2, 0) is 0 Å². The van der Waals surface area contributed by atoms with Crippen LogP contribution in [-0.4, -0.2) is 13.6 Å². The first-order valence-electron chi connectivity index (χ1n) is 4.32. The summed E-state index contributed by atoms with van der Waals surface area (Å²) in [6, 6.07) is 4.80. The Morgan fingerprint density at radius 3 is 2.77 bits per heavy atom. The third-order valence-electron chi connectivity index (χ3n) is 2.20. The molecule has 0 bridgehead atoms. The Labute approximate surface area is 77.9 Å². The minimum Gasteiger partial charge on any atom is -0.329 e. The third kappa shape index (κ3) is 2.26. The maximum Gasteiger partial charge on any atom is 0.123 e. The fourth-order valence-electron chi connectivity index (χ4n) is 1.39. The molecule has 2 nitrogen and oxygen atoms in total. The van der Waals surface area contributed by atoms with Crippen molar-refractivity contribution in [3.05, 3.63) is 35.1 Å². The van der Waals surface area contributed by atoms with Gasteiger partial charge in [-0.2, -0.15) is 0 Å². The van der Waals surface area contributed by atoms with Crippen LogP contribution in [0.3, 0.4) is 0 Å².